The van der Waals surface area contributed by atoms with Crippen LogP contribution >= 0.6 is 23.2 Å². The van der Waals surface area contributed by atoms with Gasteiger partial charge in [0, 0.05) is 21.4 Å². The number of nitrogens with two attached hydrogens (primary N) is 1. The predicted molar refractivity (Wildman–Crippen MR) is 105 cm³/mol. The van der Waals surface area contributed by atoms with E-state index in [1.54, 1.807) is 0 Å². The number of anilines is 5. The quantitative estimate of drug-likeness (QED) is 0.565. The van der Waals surface area contributed by atoms with Crippen LogP contribution in [0.2, 0.25) is 10.0 Å². The number of benzene rings is 2. The average molecular weight is 374 g/mol. The fraction of sp³-hybridized carbons (Fsp3) is 0.111. The Morgan fingerprint density at radius 2 is 1.60 bits per heavy atom. The molecule has 1 heterocycles. The highest BCUT2D eigenvalue weighted by Gasteiger charge is 2.10. The molecule has 25 heavy (non-hydrogen) atoms. The van der Waals surface area contributed by atoms with E-state index >= 15 is 0 Å². The zero-order valence-electron chi connectivity index (χ0n) is 13.8. The Morgan fingerprint density at radius 3 is 2.28 bits per heavy atom. The van der Waals surface area contributed by atoms with Crippen LogP contribution in [0, 0.1) is 13.8 Å². The van der Waals surface area contributed by atoms with Crippen molar-refractivity contribution in [3.63, 3.8) is 0 Å². The molecule has 2 aromatic carbocycles. The number of nitrogen functional groups attached to an aromatic ring is 1. The van der Waals surface area contributed by atoms with Crippen LogP contribution in [0.15, 0.2) is 42.7 Å². The van der Waals surface area contributed by atoms with Gasteiger partial charge >= 0.3 is 0 Å². The first-order valence-electron chi connectivity index (χ1n) is 7.61. The van der Waals surface area contributed by atoms with E-state index in [4.69, 9.17) is 28.9 Å². The minimum Gasteiger partial charge on any atom is -0.393 e. The third-order valence-electron chi connectivity index (χ3n) is 3.76. The molecule has 0 unspecified atom stereocenters. The van der Waals surface area contributed by atoms with Crippen molar-refractivity contribution in [3.05, 3.63) is 63.9 Å². The minimum atomic E-state index is 0.411. The molecule has 4 N–H and O–H groups in total. The fourth-order valence-electron chi connectivity index (χ4n) is 2.30. The summed E-state index contributed by atoms with van der Waals surface area (Å²) in [6, 6.07) is 11.2. The first kappa shape index (κ1) is 17.3. The lowest BCUT2D eigenvalue weighted by Gasteiger charge is -2.14. The van der Waals surface area contributed by atoms with Crippen molar-refractivity contribution >= 4 is 51.9 Å². The van der Waals surface area contributed by atoms with Gasteiger partial charge in [-0.2, -0.15) is 0 Å². The zero-order chi connectivity index (χ0) is 18.0. The number of hydrogen-bond acceptors (Lipinski definition) is 5. The van der Waals surface area contributed by atoms with Crippen LogP contribution in [0.1, 0.15) is 11.1 Å². The summed E-state index contributed by atoms with van der Waals surface area (Å²) in [6.07, 6.45) is 1.45. The van der Waals surface area contributed by atoms with Gasteiger partial charge < -0.3 is 16.4 Å². The topological polar surface area (TPSA) is 75.9 Å². The molecule has 0 aliphatic carbocycles. The van der Waals surface area contributed by atoms with Crippen LogP contribution < -0.4 is 16.4 Å². The summed E-state index contributed by atoms with van der Waals surface area (Å²) in [4.78, 5) is 8.44. The van der Waals surface area contributed by atoms with Crippen molar-refractivity contribution in [3.8, 4) is 0 Å². The van der Waals surface area contributed by atoms with Crippen LogP contribution in [-0.4, -0.2) is 9.97 Å². The fourth-order valence-corrected chi connectivity index (χ4v) is 2.70. The molecule has 7 heteroatoms. The van der Waals surface area contributed by atoms with E-state index in [2.05, 4.69) is 20.6 Å². The number of aryl methyl sites for hydroxylation is 2. The Morgan fingerprint density at radius 1 is 0.880 bits per heavy atom. The molecular weight excluding hydrogens is 357 g/mol. The number of rotatable bonds is 4. The Bertz CT molecular complexity index is 927. The summed E-state index contributed by atoms with van der Waals surface area (Å²) in [7, 11) is 0. The summed E-state index contributed by atoms with van der Waals surface area (Å²) >= 11 is 12.2. The monoisotopic (exact) mass is 373 g/mol. The van der Waals surface area contributed by atoms with Gasteiger partial charge in [-0.05, 0) is 55.3 Å². The molecule has 5 nitrogen and oxygen atoms in total. The molecule has 0 atom stereocenters. The van der Waals surface area contributed by atoms with E-state index in [0.29, 0.717) is 27.4 Å². The van der Waals surface area contributed by atoms with Gasteiger partial charge in [0.1, 0.15) is 12.0 Å². The van der Waals surface area contributed by atoms with Gasteiger partial charge in [0.15, 0.2) is 11.6 Å². The molecule has 1 aromatic heterocycles. The third-order valence-corrected chi connectivity index (χ3v) is 4.40. The predicted octanol–water partition coefficient (Wildman–Crippen LogP) is 5.47. The number of hydrogen-bond donors (Lipinski definition) is 3. The van der Waals surface area contributed by atoms with Crippen LogP contribution in [0.4, 0.5) is 28.7 Å². The molecule has 0 amide bonds. The minimum absolute atomic E-state index is 0.411. The van der Waals surface area contributed by atoms with Crippen LogP contribution in [0.5, 0.6) is 0 Å². The number of aromatic nitrogens is 2. The Kier molecular flexibility index (Phi) is 4.97. The Hall–Kier alpha value is -2.50. The van der Waals surface area contributed by atoms with E-state index in [1.165, 1.54) is 6.33 Å². The normalized spacial score (nSPS) is 10.6. The second-order valence-electron chi connectivity index (χ2n) is 5.66. The lowest BCUT2D eigenvalue weighted by molar-refractivity contribution is 1.17. The standard InChI is InChI=1S/C18H17Cl2N5/c1-10-3-5-13(8-14(10)20)24-17-16(21)18(23-9-22-17)25-15-6-4-12(19)7-11(15)2/h3-9H,21H2,1-2H3,(H2,22,23,24,25). The van der Waals surface area contributed by atoms with Gasteiger partial charge in [0.25, 0.3) is 0 Å². The smallest absolute Gasteiger partial charge is 0.159 e. The lowest BCUT2D eigenvalue weighted by Crippen LogP contribution is -2.05. The molecule has 128 valence electrons. The van der Waals surface area contributed by atoms with Crippen LogP contribution in [0.3, 0.4) is 0 Å². The van der Waals surface area contributed by atoms with Gasteiger partial charge in [0.2, 0.25) is 0 Å². The first-order chi connectivity index (χ1) is 11.9. The van der Waals surface area contributed by atoms with Crippen LogP contribution in [-0.2, 0) is 0 Å². The van der Waals surface area contributed by atoms with E-state index in [-0.39, 0.29) is 0 Å². The van der Waals surface area contributed by atoms with Crippen molar-refractivity contribution in [1.29, 1.82) is 0 Å². The van der Waals surface area contributed by atoms with Crippen molar-refractivity contribution < 1.29 is 0 Å². The van der Waals surface area contributed by atoms with Crippen molar-refractivity contribution in [2.75, 3.05) is 16.4 Å². The molecule has 3 aromatic rings. The molecular formula is C18H17Cl2N5. The SMILES string of the molecule is Cc1ccc(Nc2ncnc(Nc3ccc(Cl)cc3C)c2N)cc1Cl. The summed E-state index contributed by atoms with van der Waals surface area (Å²) in [5, 5.41) is 7.73. The van der Waals surface area contributed by atoms with Gasteiger partial charge in [-0.3, -0.25) is 0 Å². The van der Waals surface area contributed by atoms with Crippen LogP contribution in [0.25, 0.3) is 0 Å². The van der Waals surface area contributed by atoms with Gasteiger partial charge in [-0.25, -0.2) is 9.97 Å². The molecule has 0 bridgehead atoms. The number of nitrogens with one attached hydrogen (secondary N) is 2. The lowest BCUT2D eigenvalue weighted by atomic mass is 10.2. The Balaban J connectivity index is 1.87. The molecule has 0 fully saturated rings. The highest BCUT2D eigenvalue weighted by Crippen LogP contribution is 2.31. The maximum Gasteiger partial charge on any atom is 0.159 e. The van der Waals surface area contributed by atoms with Gasteiger partial charge in [0.05, 0.1) is 0 Å². The maximum atomic E-state index is 6.22. The third kappa shape index (κ3) is 3.95. The first-order valence-corrected chi connectivity index (χ1v) is 8.36. The highest BCUT2D eigenvalue weighted by atomic mass is 35.5. The second kappa shape index (κ2) is 7.17. The second-order valence-corrected chi connectivity index (χ2v) is 6.50. The van der Waals surface area contributed by atoms with Gasteiger partial charge in [-0.15, -0.1) is 0 Å². The van der Waals surface area contributed by atoms with E-state index < -0.39 is 0 Å². The molecule has 0 saturated carbocycles. The average Bonchev–Trinajstić information content (AvgIpc) is 2.57. The van der Waals surface area contributed by atoms with E-state index in [9.17, 15) is 0 Å². The zero-order valence-corrected chi connectivity index (χ0v) is 15.3. The van der Waals surface area contributed by atoms with E-state index in [0.717, 1.165) is 22.5 Å². The molecule has 0 saturated heterocycles. The Labute approximate surface area is 156 Å². The molecule has 0 radical (unpaired) electrons. The summed E-state index contributed by atoms with van der Waals surface area (Å²) in [5.74, 6) is 1.02. The van der Waals surface area contributed by atoms with E-state index in [1.807, 2.05) is 50.2 Å². The summed E-state index contributed by atoms with van der Waals surface area (Å²) in [5.41, 5.74) is 10.3. The summed E-state index contributed by atoms with van der Waals surface area (Å²) < 4.78 is 0. The molecule has 3 rings (SSSR count). The maximum absolute atomic E-state index is 6.22. The van der Waals surface area contributed by atoms with Crippen molar-refractivity contribution in [2.24, 2.45) is 0 Å². The van der Waals surface area contributed by atoms with Crippen molar-refractivity contribution in [2.45, 2.75) is 13.8 Å². The van der Waals surface area contributed by atoms with Crippen molar-refractivity contribution in [1.82, 2.24) is 9.97 Å². The number of nitrogens with zero attached hydrogens (tertiary/aromatic N) is 2. The molecule has 0 aliphatic heterocycles. The molecule has 0 spiro atoms. The largest absolute Gasteiger partial charge is 0.393 e. The number of halogens is 2. The summed E-state index contributed by atoms with van der Waals surface area (Å²) in [6.45, 7) is 3.90. The molecule has 0 aliphatic rings. The highest BCUT2D eigenvalue weighted by molar-refractivity contribution is 6.31. The van der Waals surface area contributed by atoms with Gasteiger partial charge in [-0.1, -0.05) is 29.3 Å².